The summed E-state index contributed by atoms with van der Waals surface area (Å²) in [4.78, 5) is 4.36. The molecule has 0 saturated carbocycles. The molecule has 1 N–H and O–H groups in total. The SMILES string of the molecule is Cc1nc(Br)ccc1NCc1cc2c(cc1Br)OCO2. The zero-order chi connectivity index (χ0) is 14.1. The maximum Gasteiger partial charge on any atom is 0.231 e. The van der Waals surface area contributed by atoms with Crippen molar-refractivity contribution in [2.75, 3.05) is 12.1 Å². The van der Waals surface area contributed by atoms with Gasteiger partial charge in [-0.05, 0) is 52.7 Å². The van der Waals surface area contributed by atoms with Gasteiger partial charge < -0.3 is 14.8 Å². The van der Waals surface area contributed by atoms with Crippen molar-refractivity contribution in [1.29, 1.82) is 0 Å². The van der Waals surface area contributed by atoms with Gasteiger partial charge in [0.05, 0.1) is 11.4 Å². The van der Waals surface area contributed by atoms with Gasteiger partial charge in [0.2, 0.25) is 6.79 Å². The van der Waals surface area contributed by atoms with Gasteiger partial charge in [-0.2, -0.15) is 0 Å². The standard InChI is InChI=1S/C14H12Br2N2O2/c1-8-11(2-3-14(16)18-8)17-6-9-4-12-13(5-10(9)15)20-7-19-12/h2-5,17H,6-7H2,1H3. The lowest BCUT2D eigenvalue weighted by Crippen LogP contribution is -2.03. The minimum Gasteiger partial charge on any atom is -0.454 e. The highest BCUT2D eigenvalue weighted by atomic mass is 79.9. The fourth-order valence-electron chi connectivity index (χ4n) is 2.00. The van der Waals surface area contributed by atoms with Gasteiger partial charge in [0.25, 0.3) is 0 Å². The zero-order valence-electron chi connectivity index (χ0n) is 10.7. The molecule has 0 atom stereocenters. The van der Waals surface area contributed by atoms with Crippen LogP contribution in [0.4, 0.5) is 5.69 Å². The fraction of sp³-hybridized carbons (Fsp3) is 0.214. The van der Waals surface area contributed by atoms with Gasteiger partial charge in [-0.15, -0.1) is 0 Å². The molecule has 0 radical (unpaired) electrons. The van der Waals surface area contributed by atoms with E-state index in [0.29, 0.717) is 6.54 Å². The number of aryl methyl sites for hydroxylation is 1. The first-order valence-electron chi connectivity index (χ1n) is 6.08. The van der Waals surface area contributed by atoms with Crippen molar-refractivity contribution in [3.63, 3.8) is 0 Å². The largest absolute Gasteiger partial charge is 0.454 e. The number of hydrogen-bond acceptors (Lipinski definition) is 4. The molecule has 104 valence electrons. The molecular formula is C14H12Br2N2O2. The van der Waals surface area contributed by atoms with E-state index in [0.717, 1.165) is 37.5 Å². The molecule has 2 aromatic rings. The summed E-state index contributed by atoms with van der Waals surface area (Å²) in [6.07, 6.45) is 0. The van der Waals surface area contributed by atoms with Gasteiger partial charge >= 0.3 is 0 Å². The molecule has 0 spiro atoms. The second-order valence-corrected chi connectivity index (χ2v) is 6.08. The molecule has 2 heterocycles. The van der Waals surface area contributed by atoms with Crippen LogP contribution < -0.4 is 14.8 Å². The first kappa shape index (κ1) is 13.7. The summed E-state index contributed by atoms with van der Waals surface area (Å²) >= 11 is 6.92. The molecule has 1 aromatic heterocycles. The van der Waals surface area contributed by atoms with Crippen molar-refractivity contribution < 1.29 is 9.47 Å². The van der Waals surface area contributed by atoms with Crippen LogP contribution >= 0.6 is 31.9 Å². The van der Waals surface area contributed by atoms with Crippen LogP contribution in [0.1, 0.15) is 11.3 Å². The highest BCUT2D eigenvalue weighted by Gasteiger charge is 2.16. The number of ether oxygens (including phenoxy) is 2. The number of fused-ring (bicyclic) bond motifs is 1. The van der Waals surface area contributed by atoms with Crippen molar-refractivity contribution in [2.45, 2.75) is 13.5 Å². The summed E-state index contributed by atoms with van der Waals surface area (Å²) in [5, 5.41) is 3.38. The molecule has 4 nitrogen and oxygen atoms in total. The first-order valence-corrected chi connectivity index (χ1v) is 7.67. The minimum absolute atomic E-state index is 0.286. The Balaban J connectivity index is 1.78. The maximum absolute atomic E-state index is 5.40. The van der Waals surface area contributed by atoms with Crippen LogP contribution in [0.5, 0.6) is 11.5 Å². The molecule has 0 fully saturated rings. The number of hydrogen-bond donors (Lipinski definition) is 1. The van der Waals surface area contributed by atoms with Crippen molar-refractivity contribution in [3.8, 4) is 11.5 Å². The number of halogens is 2. The Hall–Kier alpha value is -1.27. The van der Waals surface area contributed by atoms with E-state index in [1.165, 1.54) is 0 Å². The number of aromatic nitrogens is 1. The van der Waals surface area contributed by atoms with Crippen LogP contribution in [0.2, 0.25) is 0 Å². The van der Waals surface area contributed by atoms with Crippen LogP contribution in [-0.4, -0.2) is 11.8 Å². The molecule has 0 unspecified atom stereocenters. The summed E-state index contributed by atoms with van der Waals surface area (Å²) in [6, 6.07) is 7.85. The van der Waals surface area contributed by atoms with Crippen molar-refractivity contribution in [3.05, 3.63) is 44.6 Å². The number of benzene rings is 1. The zero-order valence-corrected chi connectivity index (χ0v) is 13.9. The Morgan fingerprint density at radius 3 is 2.70 bits per heavy atom. The topological polar surface area (TPSA) is 43.4 Å². The predicted octanol–water partition coefficient (Wildman–Crippen LogP) is 4.26. The monoisotopic (exact) mass is 398 g/mol. The van der Waals surface area contributed by atoms with Gasteiger partial charge in [0.1, 0.15) is 4.60 Å². The van der Waals surface area contributed by atoms with E-state index >= 15 is 0 Å². The van der Waals surface area contributed by atoms with Gasteiger partial charge in [0, 0.05) is 11.0 Å². The minimum atomic E-state index is 0.286. The molecule has 6 heteroatoms. The van der Waals surface area contributed by atoms with E-state index in [1.54, 1.807) is 0 Å². The third-order valence-electron chi connectivity index (χ3n) is 3.06. The van der Waals surface area contributed by atoms with Crippen molar-refractivity contribution in [2.24, 2.45) is 0 Å². The van der Waals surface area contributed by atoms with Crippen LogP contribution in [-0.2, 0) is 6.54 Å². The quantitative estimate of drug-likeness (QED) is 0.783. The molecule has 1 aliphatic rings. The van der Waals surface area contributed by atoms with Gasteiger partial charge in [-0.3, -0.25) is 0 Å². The van der Waals surface area contributed by atoms with Crippen LogP contribution in [0.3, 0.4) is 0 Å². The molecule has 0 aliphatic carbocycles. The number of anilines is 1. The molecular weight excluding hydrogens is 388 g/mol. The van der Waals surface area contributed by atoms with Crippen LogP contribution in [0.15, 0.2) is 33.3 Å². The third-order valence-corrected chi connectivity index (χ3v) is 4.24. The fourth-order valence-corrected chi connectivity index (χ4v) is 2.86. The first-order chi connectivity index (χ1) is 9.63. The smallest absolute Gasteiger partial charge is 0.231 e. The number of rotatable bonds is 3. The van der Waals surface area contributed by atoms with E-state index in [4.69, 9.17) is 9.47 Å². The summed E-state index contributed by atoms with van der Waals surface area (Å²) in [7, 11) is 0. The van der Waals surface area contributed by atoms with E-state index in [9.17, 15) is 0 Å². The molecule has 1 aliphatic heterocycles. The average molecular weight is 400 g/mol. The van der Waals surface area contributed by atoms with E-state index < -0.39 is 0 Å². The molecule has 20 heavy (non-hydrogen) atoms. The number of nitrogens with zero attached hydrogens (tertiary/aromatic N) is 1. The van der Waals surface area contributed by atoms with Crippen LogP contribution in [0.25, 0.3) is 0 Å². The normalized spacial score (nSPS) is 12.6. The average Bonchev–Trinajstić information content (AvgIpc) is 2.84. The third kappa shape index (κ3) is 2.76. The predicted molar refractivity (Wildman–Crippen MR) is 84.3 cm³/mol. The highest BCUT2D eigenvalue weighted by molar-refractivity contribution is 9.10. The van der Waals surface area contributed by atoms with Gasteiger partial charge in [-0.1, -0.05) is 15.9 Å². The van der Waals surface area contributed by atoms with Crippen molar-refractivity contribution >= 4 is 37.5 Å². The van der Waals surface area contributed by atoms with Gasteiger partial charge in [0.15, 0.2) is 11.5 Å². The van der Waals surface area contributed by atoms with Crippen LogP contribution in [0, 0.1) is 6.92 Å². The molecule has 3 rings (SSSR count). The summed E-state index contributed by atoms with van der Waals surface area (Å²) < 4.78 is 12.6. The van der Waals surface area contributed by atoms with E-state index in [1.807, 2.05) is 31.2 Å². The second kappa shape index (κ2) is 5.61. The molecule has 0 saturated heterocycles. The van der Waals surface area contributed by atoms with Crippen molar-refractivity contribution in [1.82, 2.24) is 4.98 Å². The summed E-state index contributed by atoms with van der Waals surface area (Å²) in [5.41, 5.74) is 3.07. The summed E-state index contributed by atoms with van der Waals surface area (Å²) in [5.74, 6) is 1.57. The highest BCUT2D eigenvalue weighted by Crippen LogP contribution is 2.37. The second-order valence-electron chi connectivity index (χ2n) is 4.42. The Bertz CT molecular complexity index is 662. The summed E-state index contributed by atoms with van der Waals surface area (Å²) in [6.45, 7) is 2.94. The number of nitrogens with one attached hydrogen (secondary N) is 1. The molecule has 1 aromatic carbocycles. The van der Waals surface area contributed by atoms with E-state index in [2.05, 4.69) is 42.2 Å². The Kier molecular flexibility index (Phi) is 3.85. The lowest BCUT2D eigenvalue weighted by atomic mass is 10.2. The number of pyridine rings is 1. The van der Waals surface area contributed by atoms with Gasteiger partial charge in [-0.25, -0.2) is 4.98 Å². The Morgan fingerprint density at radius 2 is 1.95 bits per heavy atom. The molecule has 0 bridgehead atoms. The lowest BCUT2D eigenvalue weighted by molar-refractivity contribution is 0.174. The molecule has 0 amide bonds. The lowest BCUT2D eigenvalue weighted by Gasteiger charge is -2.11. The maximum atomic E-state index is 5.40. The Labute approximate surface area is 133 Å². The van der Waals surface area contributed by atoms with E-state index in [-0.39, 0.29) is 6.79 Å². The Morgan fingerprint density at radius 1 is 1.20 bits per heavy atom.